The lowest BCUT2D eigenvalue weighted by Gasteiger charge is -2.36. The van der Waals surface area contributed by atoms with Crippen LogP contribution in [0.25, 0.3) is 5.69 Å². The van der Waals surface area contributed by atoms with Gasteiger partial charge in [-0.05, 0) is 60.2 Å². The molecule has 0 amide bonds. The van der Waals surface area contributed by atoms with Gasteiger partial charge < -0.3 is 5.32 Å². The van der Waals surface area contributed by atoms with Gasteiger partial charge in [0.25, 0.3) is 0 Å². The van der Waals surface area contributed by atoms with Gasteiger partial charge >= 0.3 is 0 Å². The van der Waals surface area contributed by atoms with Gasteiger partial charge in [-0.15, -0.1) is 5.10 Å². The Kier molecular flexibility index (Phi) is 3.90. The van der Waals surface area contributed by atoms with Crippen LogP contribution >= 0.6 is 0 Å². The van der Waals surface area contributed by atoms with Crippen molar-refractivity contribution >= 4 is 5.69 Å². The summed E-state index contributed by atoms with van der Waals surface area (Å²) in [5, 5.41) is 15.4. The van der Waals surface area contributed by atoms with Crippen molar-refractivity contribution in [2.24, 2.45) is 11.8 Å². The van der Waals surface area contributed by atoms with E-state index >= 15 is 0 Å². The van der Waals surface area contributed by atoms with E-state index in [0.717, 1.165) is 17.2 Å². The zero-order valence-electron chi connectivity index (χ0n) is 13.0. The molecular formula is C16H23N5. The molecule has 1 aromatic heterocycles. The van der Waals surface area contributed by atoms with Crippen molar-refractivity contribution in [1.82, 2.24) is 20.2 Å². The third-order valence-corrected chi connectivity index (χ3v) is 4.59. The van der Waals surface area contributed by atoms with Crippen LogP contribution in [0, 0.1) is 18.8 Å². The van der Waals surface area contributed by atoms with E-state index in [2.05, 4.69) is 52.9 Å². The largest absolute Gasteiger partial charge is 0.382 e. The molecule has 1 N–H and O–H groups in total. The van der Waals surface area contributed by atoms with Crippen LogP contribution in [0.4, 0.5) is 5.69 Å². The van der Waals surface area contributed by atoms with Crippen LogP contribution in [-0.2, 0) is 0 Å². The van der Waals surface area contributed by atoms with Crippen molar-refractivity contribution in [3.05, 3.63) is 30.1 Å². The fourth-order valence-corrected chi connectivity index (χ4v) is 3.36. The summed E-state index contributed by atoms with van der Waals surface area (Å²) in [5.74, 6) is 2.23. The Labute approximate surface area is 125 Å². The molecule has 0 radical (unpaired) electrons. The van der Waals surface area contributed by atoms with Crippen molar-refractivity contribution < 1.29 is 0 Å². The van der Waals surface area contributed by atoms with E-state index in [0.29, 0.717) is 17.9 Å². The second kappa shape index (κ2) is 5.84. The van der Waals surface area contributed by atoms with E-state index in [1.165, 1.54) is 19.3 Å². The Bertz CT molecular complexity index is 596. The summed E-state index contributed by atoms with van der Waals surface area (Å²) in [5.41, 5.74) is 2.15. The monoisotopic (exact) mass is 285 g/mol. The molecule has 1 heterocycles. The highest BCUT2D eigenvalue weighted by atomic mass is 15.5. The second-order valence-electron chi connectivity index (χ2n) is 6.24. The summed E-state index contributed by atoms with van der Waals surface area (Å²) in [6.45, 7) is 6.61. The molecule has 2 aromatic rings. The van der Waals surface area contributed by atoms with Crippen molar-refractivity contribution in [3.8, 4) is 5.69 Å². The van der Waals surface area contributed by atoms with Crippen molar-refractivity contribution in [2.75, 3.05) is 5.32 Å². The van der Waals surface area contributed by atoms with E-state index in [9.17, 15) is 0 Å². The summed E-state index contributed by atoms with van der Waals surface area (Å²) < 4.78 is 1.76. The number of aryl methyl sites for hydroxylation is 1. The molecular weight excluding hydrogens is 262 g/mol. The first-order chi connectivity index (χ1) is 10.1. The molecule has 1 fully saturated rings. The maximum Gasteiger partial charge on any atom is 0.153 e. The van der Waals surface area contributed by atoms with Crippen LogP contribution in [0.3, 0.4) is 0 Å². The fourth-order valence-electron chi connectivity index (χ4n) is 3.36. The Balaban J connectivity index is 1.82. The Morgan fingerprint density at radius 3 is 2.62 bits per heavy atom. The maximum atomic E-state index is 4.03. The van der Waals surface area contributed by atoms with Gasteiger partial charge in [0.1, 0.15) is 0 Å². The van der Waals surface area contributed by atoms with E-state index in [1.54, 1.807) is 4.68 Å². The smallest absolute Gasteiger partial charge is 0.153 e. The molecule has 1 aliphatic carbocycles. The molecule has 5 nitrogen and oxygen atoms in total. The molecule has 2 unspecified atom stereocenters. The number of anilines is 1. The SMILES string of the molecule is Cc1nnnn1-c1cccc(NC2C(C)CCCC2C)c1. The fraction of sp³-hybridized carbons (Fsp3) is 0.562. The van der Waals surface area contributed by atoms with Crippen LogP contribution < -0.4 is 5.32 Å². The molecule has 0 aliphatic heterocycles. The number of nitrogens with one attached hydrogen (secondary N) is 1. The van der Waals surface area contributed by atoms with Gasteiger partial charge in [-0.1, -0.05) is 26.3 Å². The van der Waals surface area contributed by atoms with Crippen LogP contribution in [-0.4, -0.2) is 26.2 Å². The van der Waals surface area contributed by atoms with Crippen LogP contribution in [0.1, 0.15) is 38.9 Å². The molecule has 0 bridgehead atoms. The molecule has 1 aromatic carbocycles. The highest BCUT2D eigenvalue weighted by Crippen LogP contribution is 2.31. The third-order valence-electron chi connectivity index (χ3n) is 4.59. The highest BCUT2D eigenvalue weighted by Gasteiger charge is 2.27. The predicted molar refractivity (Wildman–Crippen MR) is 83.5 cm³/mol. The zero-order valence-corrected chi connectivity index (χ0v) is 13.0. The summed E-state index contributed by atoms with van der Waals surface area (Å²) in [4.78, 5) is 0. The maximum absolute atomic E-state index is 4.03. The van der Waals surface area contributed by atoms with Crippen LogP contribution in [0.5, 0.6) is 0 Å². The summed E-state index contributed by atoms with van der Waals surface area (Å²) in [7, 11) is 0. The Hall–Kier alpha value is -1.91. The zero-order chi connectivity index (χ0) is 14.8. The predicted octanol–water partition coefficient (Wildman–Crippen LogP) is 3.21. The van der Waals surface area contributed by atoms with Crippen LogP contribution in [0.15, 0.2) is 24.3 Å². The molecule has 21 heavy (non-hydrogen) atoms. The number of benzene rings is 1. The van der Waals surface area contributed by atoms with Gasteiger partial charge in [0.2, 0.25) is 0 Å². The molecule has 1 saturated carbocycles. The van der Waals surface area contributed by atoms with Gasteiger partial charge in [0, 0.05) is 11.7 Å². The first-order valence-corrected chi connectivity index (χ1v) is 7.77. The quantitative estimate of drug-likeness (QED) is 0.941. The van der Waals surface area contributed by atoms with Crippen molar-refractivity contribution in [3.63, 3.8) is 0 Å². The third kappa shape index (κ3) is 2.91. The van der Waals surface area contributed by atoms with Crippen LogP contribution in [0.2, 0.25) is 0 Å². The molecule has 2 atom stereocenters. The lowest BCUT2D eigenvalue weighted by Crippen LogP contribution is -2.37. The lowest BCUT2D eigenvalue weighted by molar-refractivity contribution is 0.268. The van der Waals surface area contributed by atoms with Gasteiger partial charge in [-0.3, -0.25) is 0 Å². The van der Waals surface area contributed by atoms with Gasteiger partial charge in [0.05, 0.1) is 5.69 Å². The molecule has 112 valence electrons. The standard InChI is InChI=1S/C16H23N5/c1-11-6-4-7-12(2)16(11)17-14-8-5-9-15(10-14)21-13(3)18-19-20-21/h5,8-12,16-17H,4,6-7H2,1-3H3. The van der Waals surface area contributed by atoms with E-state index < -0.39 is 0 Å². The second-order valence-corrected chi connectivity index (χ2v) is 6.24. The average molecular weight is 285 g/mol. The molecule has 3 rings (SSSR count). The van der Waals surface area contributed by atoms with E-state index in [4.69, 9.17) is 0 Å². The topological polar surface area (TPSA) is 55.6 Å². The molecule has 1 aliphatic rings. The van der Waals surface area contributed by atoms with Gasteiger partial charge in [0.15, 0.2) is 5.82 Å². The Morgan fingerprint density at radius 1 is 1.19 bits per heavy atom. The van der Waals surface area contributed by atoms with Gasteiger partial charge in [-0.2, -0.15) is 4.68 Å². The lowest BCUT2D eigenvalue weighted by atomic mass is 9.78. The van der Waals surface area contributed by atoms with E-state index in [1.807, 2.05) is 13.0 Å². The summed E-state index contributed by atoms with van der Waals surface area (Å²) in [6, 6.07) is 8.87. The first-order valence-electron chi connectivity index (χ1n) is 7.77. The minimum Gasteiger partial charge on any atom is -0.382 e. The summed E-state index contributed by atoms with van der Waals surface area (Å²) in [6.07, 6.45) is 3.98. The Morgan fingerprint density at radius 2 is 1.95 bits per heavy atom. The number of aromatic nitrogens is 4. The molecule has 0 saturated heterocycles. The number of hydrogen-bond donors (Lipinski definition) is 1. The minimum atomic E-state index is 0.545. The van der Waals surface area contributed by atoms with E-state index in [-0.39, 0.29) is 0 Å². The number of hydrogen-bond acceptors (Lipinski definition) is 4. The van der Waals surface area contributed by atoms with Gasteiger partial charge in [-0.25, -0.2) is 0 Å². The number of rotatable bonds is 3. The number of nitrogens with zero attached hydrogens (tertiary/aromatic N) is 4. The average Bonchev–Trinajstić information content (AvgIpc) is 2.90. The first kappa shape index (κ1) is 14.0. The molecule has 0 spiro atoms. The normalized spacial score (nSPS) is 25.8. The highest BCUT2D eigenvalue weighted by molar-refractivity contribution is 5.51. The summed E-state index contributed by atoms with van der Waals surface area (Å²) >= 11 is 0. The van der Waals surface area contributed by atoms with Crippen molar-refractivity contribution in [1.29, 1.82) is 0 Å². The number of tetrazole rings is 1. The minimum absolute atomic E-state index is 0.545. The van der Waals surface area contributed by atoms with Crippen molar-refractivity contribution in [2.45, 2.75) is 46.1 Å². The molecule has 5 heteroatoms.